The zero-order valence-corrected chi connectivity index (χ0v) is 15.3. The van der Waals surface area contributed by atoms with E-state index in [9.17, 15) is 13.8 Å². The van der Waals surface area contributed by atoms with Gasteiger partial charge in [0.2, 0.25) is 5.91 Å². The number of benzene rings is 1. The SMILES string of the molecule is CC1CCN(C(=O)CS(=O)CCCOc2ccc(C(=O)O)cc2)CC1. The van der Waals surface area contributed by atoms with E-state index in [-0.39, 0.29) is 17.2 Å². The van der Waals surface area contributed by atoms with Crippen LogP contribution in [0.5, 0.6) is 5.75 Å². The number of hydrogen-bond acceptors (Lipinski definition) is 4. The maximum atomic E-state index is 12.1. The lowest BCUT2D eigenvalue weighted by Crippen LogP contribution is -2.40. The predicted octanol–water partition coefficient (Wildman–Crippen LogP) is 2.16. The molecule has 1 aromatic rings. The Balaban J connectivity index is 1.63. The lowest BCUT2D eigenvalue weighted by atomic mass is 9.99. The maximum absolute atomic E-state index is 12.1. The Morgan fingerprint density at radius 3 is 2.48 bits per heavy atom. The van der Waals surface area contributed by atoms with Crippen LogP contribution in [-0.4, -0.2) is 57.3 Å². The molecule has 1 N–H and O–H groups in total. The highest BCUT2D eigenvalue weighted by atomic mass is 32.2. The summed E-state index contributed by atoms with van der Waals surface area (Å²) in [5.41, 5.74) is 0.207. The Labute approximate surface area is 150 Å². The van der Waals surface area contributed by atoms with Gasteiger partial charge < -0.3 is 14.7 Å². The second-order valence-corrected chi connectivity index (χ2v) is 7.96. The van der Waals surface area contributed by atoms with Gasteiger partial charge in [-0.25, -0.2) is 4.79 Å². The molecule has 0 radical (unpaired) electrons. The van der Waals surface area contributed by atoms with E-state index in [1.165, 1.54) is 12.1 Å². The van der Waals surface area contributed by atoms with Crippen molar-refractivity contribution in [1.29, 1.82) is 0 Å². The second-order valence-electron chi connectivity index (χ2n) is 6.38. The minimum absolute atomic E-state index is 0.0181. The molecule has 0 aromatic heterocycles. The van der Waals surface area contributed by atoms with Crippen LogP contribution < -0.4 is 4.74 Å². The molecule has 0 bridgehead atoms. The summed E-state index contributed by atoms with van der Waals surface area (Å²) in [6, 6.07) is 6.16. The fraction of sp³-hybridized carbons (Fsp3) is 0.556. The number of rotatable bonds is 8. The van der Waals surface area contributed by atoms with Gasteiger partial charge in [0.15, 0.2) is 0 Å². The van der Waals surface area contributed by atoms with E-state index in [0.717, 1.165) is 25.9 Å². The average molecular weight is 367 g/mol. The lowest BCUT2D eigenvalue weighted by Gasteiger charge is -2.30. The number of amides is 1. The number of hydrogen-bond donors (Lipinski definition) is 1. The molecule has 1 aromatic carbocycles. The Hall–Kier alpha value is -1.89. The number of carboxylic acids is 1. The zero-order valence-electron chi connectivity index (χ0n) is 14.5. The van der Waals surface area contributed by atoms with E-state index in [1.807, 2.05) is 4.90 Å². The molecule has 1 saturated heterocycles. The molecule has 0 spiro atoms. The number of carbonyl (C=O) groups excluding carboxylic acids is 1. The van der Waals surface area contributed by atoms with Crippen molar-refractivity contribution in [3.63, 3.8) is 0 Å². The molecule has 1 atom stereocenters. The van der Waals surface area contributed by atoms with E-state index in [0.29, 0.717) is 30.4 Å². The first-order chi connectivity index (χ1) is 12.0. The van der Waals surface area contributed by atoms with Crippen molar-refractivity contribution in [3.8, 4) is 5.75 Å². The fourth-order valence-electron chi connectivity index (χ4n) is 2.66. The zero-order chi connectivity index (χ0) is 18.2. The first kappa shape index (κ1) is 19.4. The van der Waals surface area contributed by atoms with Gasteiger partial charge in [-0.15, -0.1) is 0 Å². The third kappa shape index (κ3) is 6.49. The van der Waals surface area contributed by atoms with Crippen molar-refractivity contribution >= 4 is 22.7 Å². The van der Waals surface area contributed by atoms with Crippen LogP contribution in [0.3, 0.4) is 0 Å². The molecule has 1 aliphatic heterocycles. The first-order valence-electron chi connectivity index (χ1n) is 8.54. The molecule has 1 heterocycles. The number of carboxylic acid groups (broad SMARTS) is 1. The van der Waals surface area contributed by atoms with Gasteiger partial charge in [-0.1, -0.05) is 6.92 Å². The summed E-state index contributed by atoms with van der Waals surface area (Å²) in [6.07, 6.45) is 2.62. The summed E-state index contributed by atoms with van der Waals surface area (Å²) in [7, 11) is -1.18. The summed E-state index contributed by atoms with van der Waals surface area (Å²) in [4.78, 5) is 24.7. The molecular formula is C18H25NO5S. The average Bonchev–Trinajstić information content (AvgIpc) is 2.59. The second kappa shape index (κ2) is 9.56. The van der Waals surface area contributed by atoms with E-state index >= 15 is 0 Å². The van der Waals surface area contributed by atoms with Crippen LogP contribution in [-0.2, 0) is 15.6 Å². The van der Waals surface area contributed by atoms with E-state index in [2.05, 4.69) is 6.92 Å². The van der Waals surface area contributed by atoms with Crippen LogP contribution >= 0.6 is 0 Å². The number of likely N-dealkylation sites (tertiary alicyclic amines) is 1. The van der Waals surface area contributed by atoms with Crippen LogP contribution in [0.2, 0.25) is 0 Å². The highest BCUT2D eigenvalue weighted by molar-refractivity contribution is 7.85. The number of carbonyl (C=O) groups is 2. The van der Waals surface area contributed by atoms with Crippen molar-refractivity contribution in [1.82, 2.24) is 4.90 Å². The van der Waals surface area contributed by atoms with E-state index in [1.54, 1.807) is 12.1 Å². The smallest absolute Gasteiger partial charge is 0.335 e. The van der Waals surface area contributed by atoms with Gasteiger partial charge in [0, 0.05) is 29.6 Å². The van der Waals surface area contributed by atoms with Crippen molar-refractivity contribution in [3.05, 3.63) is 29.8 Å². The summed E-state index contributed by atoms with van der Waals surface area (Å²) in [5.74, 6) is 0.751. The monoisotopic (exact) mass is 367 g/mol. The van der Waals surface area contributed by atoms with Crippen molar-refractivity contribution in [2.45, 2.75) is 26.2 Å². The molecule has 6 nitrogen and oxygen atoms in total. The van der Waals surface area contributed by atoms with Gasteiger partial charge in [0.05, 0.1) is 12.2 Å². The summed E-state index contributed by atoms with van der Waals surface area (Å²) < 4.78 is 17.5. The van der Waals surface area contributed by atoms with Gasteiger partial charge in [0.1, 0.15) is 11.5 Å². The highest BCUT2D eigenvalue weighted by Crippen LogP contribution is 2.16. The number of nitrogens with zero attached hydrogens (tertiary/aromatic N) is 1. The van der Waals surface area contributed by atoms with Crippen LogP contribution in [0.4, 0.5) is 0 Å². The molecule has 0 aliphatic carbocycles. The Bertz CT molecular complexity index is 608. The topological polar surface area (TPSA) is 83.9 Å². The van der Waals surface area contributed by atoms with Crippen LogP contribution in [0.1, 0.15) is 36.5 Å². The molecule has 0 saturated carbocycles. The first-order valence-corrected chi connectivity index (χ1v) is 10.0. The standard InChI is InChI=1S/C18H25NO5S/c1-14-7-9-19(10-8-14)17(20)13-25(23)12-2-11-24-16-5-3-15(4-6-16)18(21)22/h3-6,14H,2,7-13H2,1H3,(H,21,22). The highest BCUT2D eigenvalue weighted by Gasteiger charge is 2.21. The van der Waals surface area contributed by atoms with Crippen molar-refractivity contribution in [2.24, 2.45) is 5.92 Å². The summed E-state index contributed by atoms with van der Waals surface area (Å²) >= 11 is 0. The van der Waals surface area contributed by atoms with Gasteiger partial charge in [0.25, 0.3) is 0 Å². The largest absolute Gasteiger partial charge is 0.494 e. The molecule has 7 heteroatoms. The molecule has 25 heavy (non-hydrogen) atoms. The van der Waals surface area contributed by atoms with Crippen LogP contribution in [0.15, 0.2) is 24.3 Å². The molecule has 1 amide bonds. The van der Waals surface area contributed by atoms with Crippen molar-refractivity contribution < 1.29 is 23.6 Å². The van der Waals surface area contributed by atoms with Gasteiger partial charge >= 0.3 is 5.97 Å². The van der Waals surface area contributed by atoms with E-state index < -0.39 is 16.8 Å². The summed E-state index contributed by atoms with van der Waals surface area (Å²) in [6.45, 7) is 4.11. The Morgan fingerprint density at radius 1 is 1.24 bits per heavy atom. The lowest BCUT2D eigenvalue weighted by molar-refractivity contribution is -0.129. The Kier molecular flexibility index (Phi) is 7.43. The minimum atomic E-state index is -1.18. The van der Waals surface area contributed by atoms with Gasteiger partial charge in [-0.3, -0.25) is 9.00 Å². The number of aromatic carboxylic acids is 1. The Morgan fingerprint density at radius 2 is 1.88 bits per heavy atom. The molecule has 138 valence electrons. The molecule has 1 unspecified atom stereocenters. The summed E-state index contributed by atoms with van der Waals surface area (Å²) in [5, 5.41) is 8.82. The predicted molar refractivity (Wildman–Crippen MR) is 96.4 cm³/mol. The number of ether oxygens (including phenoxy) is 1. The quantitative estimate of drug-likeness (QED) is 0.712. The minimum Gasteiger partial charge on any atom is -0.494 e. The third-order valence-electron chi connectivity index (χ3n) is 4.31. The van der Waals surface area contributed by atoms with E-state index in [4.69, 9.17) is 9.84 Å². The normalized spacial score (nSPS) is 16.4. The molecule has 2 rings (SSSR count). The van der Waals surface area contributed by atoms with Gasteiger partial charge in [-0.05, 0) is 49.4 Å². The van der Waals surface area contributed by atoms with Gasteiger partial charge in [-0.2, -0.15) is 0 Å². The fourth-order valence-corrected chi connectivity index (χ4v) is 3.71. The molecule has 1 fully saturated rings. The van der Waals surface area contributed by atoms with Crippen LogP contribution in [0.25, 0.3) is 0 Å². The van der Waals surface area contributed by atoms with Crippen LogP contribution in [0, 0.1) is 5.92 Å². The molecule has 1 aliphatic rings. The van der Waals surface area contributed by atoms with Crippen molar-refractivity contribution in [2.75, 3.05) is 31.2 Å². The number of piperidine rings is 1. The third-order valence-corrected chi connectivity index (χ3v) is 5.62. The molecular weight excluding hydrogens is 342 g/mol. The maximum Gasteiger partial charge on any atom is 0.335 e.